The number of halogens is 1. The first-order valence-corrected chi connectivity index (χ1v) is 12.1. The highest BCUT2D eigenvalue weighted by molar-refractivity contribution is 7.97. The van der Waals surface area contributed by atoms with Crippen molar-refractivity contribution in [2.24, 2.45) is 5.92 Å². The lowest BCUT2D eigenvalue weighted by molar-refractivity contribution is 0.0218. The summed E-state index contributed by atoms with van der Waals surface area (Å²) >= 11 is 0. The molecule has 1 fully saturated rings. The van der Waals surface area contributed by atoms with Gasteiger partial charge >= 0.3 is 0 Å². The van der Waals surface area contributed by atoms with Gasteiger partial charge in [0.05, 0.1) is 10.9 Å². The van der Waals surface area contributed by atoms with E-state index in [0.717, 1.165) is 17.7 Å². The quantitative estimate of drug-likeness (QED) is 0.371. The van der Waals surface area contributed by atoms with Crippen molar-refractivity contribution < 1.29 is 9.13 Å². The highest BCUT2D eigenvalue weighted by Gasteiger charge is 2.34. The molecule has 0 N–H and O–H groups in total. The molecule has 0 saturated heterocycles. The maximum absolute atomic E-state index is 15.2. The number of hydrogen-bond acceptors (Lipinski definition) is 1. The van der Waals surface area contributed by atoms with Gasteiger partial charge in [-0.15, -0.1) is 0 Å². The lowest BCUT2D eigenvalue weighted by atomic mass is 9.79. The van der Waals surface area contributed by atoms with Gasteiger partial charge in [0, 0.05) is 6.07 Å². The van der Waals surface area contributed by atoms with Gasteiger partial charge in [0.25, 0.3) is 0 Å². The molecule has 3 aromatic rings. The van der Waals surface area contributed by atoms with Crippen LogP contribution in [0.1, 0.15) is 46.0 Å². The molecule has 0 amide bonds. The lowest BCUT2D eigenvalue weighted by Gasteiger charge is -2.37. The van der Waals surface area contributed by atoms with E-state index in [9.17, 15) is 0 Å². The summed E-state index contributed by atoms with van der Waals surface area (Å²) in [6.45, 7) is 4.21. The monoisotopic (exact) mass is 421 g/mol. The Morgan fingerprint density at radius 3 is 1.87 bits per heavy atom. The molecular formula is C27H30FOS+. The second-order valence-electron chi connectivity index (χ2n) is 8.56. The first kappa shape index (κ1) is 21.0. The van der Waals surface area contributed by atoms with E-state index < -0.39 is 0 Å². The van der Waals surface area contributed by atoms with Crippen molar-refractivity contribution in [3.63, 3.8) is 0 Å². The number of benzene rings is 3. The summed E-state index contributed by atoms with van der Waals surface area (Å²) in [6.07, 6.45) is 6.12. The average molecular weight is 422 g/mol. The summed E-state index contributed by atoms with van der Waals surface area (Å²) in [5, 5.41) is 0. The summed E-state index contributed by atoms with van der Waals surface area (Å²) in [7, 11) is -0.356. The van der Waals surface area contributed by atoms with Crippen molar-refractivity contribution in [1.29, 1.82) is 0 Å². The van der Waals surface area contributed by atoms with E-state index >= 15 is 4.39 Å². The normalized spacial score (nSPS) is 15.3. The standard InChI is InChI=1S/C27H30FOS/c1-27(2,21-12-6-3-7-13-21)29-26-19-18-24(20-25(26)28)30(22-14-8-4-9-15-22)23-16-10-5-11-17-23/h4-5,8-11,14-21H,3,6-7,12-13H2,1-2H3/q+1. The third-order valence-electron chi connectivity index (χ3n) is 6.06. The Hall–Kier alpha value is -2.26. The van der Waals surface area contributed by atoms with Gasteiger partial charge in [-0.05, 0) is 69.0 Å². The van der Waals surface area contributed by atoms with Crippen LogP contribution in [0.5, 0.6) is 5.75 Å². The van der Waals surface area contributed by atoms with Crippen LogP contribution in [0.15, 0.2) is 93.5 Å². The first-order valence-electron chi connectivity index (χ1n) is 10.9. The van der Waals surface area contributed by atoms with Gasteiger partial charge in [-0.3, -0.25) is 0 Å². The molecule has 3 aromatic carbocycles. The van der Waals surface area contributed by atoms with E-state index in [1.54, 1.807) is 6.07 Å². The summed E-state index contributed by atoms with van der Waals surface area (Å²) < 4.78 is 21.5. The molecular weight excluding hydrogens is 391 g/mol. The molecule has 0 spiro atoms. The van der Waals surface area contributed by atoms with Crippen LogP contribution < -0.4 is 4.74 Å². The molecule has 1 saturated carbocycles. The van der Waals surface area contributed by atoms with Crippen molar-refractivity contribution in [3.8, 4) is 5.75 Å². The molecule has 0 atom stereocenters. The molecule has 0 aliphatic heterocycles. The molecule has 30 heavy (non-hydrogen) atoms. The van der Waals surface area contributed by atoms with Crippen LogP contribution >= 0.6 is 0 Å². The molecule has 1 aliphatic carbocycles. The van der Waals surface area contributed by atoms with E-state index in [-0.39, 0.29) is 22.3 Å². The van der Waals surface area contributed by atoms with Crippen molar-refractivity contribution in [2.75, 3.05) is 0 Å². The predicted octanol–water partition coefficient (Wildman–Crippen LogP) is 7.66. The second kappa shape index (κ2) is 9.26. The Labute approximate surface area is 182 Å². The minimum Gasteiger partial charge on any atom is -0.484 e. The smallest absolute Gasteiger partial charge is 0.170 e. The molecule has 0 aromatic heterocycles. The fourth-order valence-corrected chi connectivity index (χ4v) is 6.48. The highest BCUT2D eigenvalue weighted by atomic mass is 32.2. The van der Waals surface area contributed by atoms with Gasteiger partial charge in [0.1, 0.15) is 5.60 Å². The highest BCUT2D eigenvalue weighted by Crippen LogP contribution is 2.38. The van der Waals surface area contributed by atoms with Crippen LogP contribution in [0.2, 0.25) is 0 Å². The molecule has 1 nitrogen and oxygen atoms in total. The zero-order chi connectivity index (χ0) is 21.0. The van der Waals surface area contributed by atoms with Crippen LogP contribution in [0.3, 0.4) is 0 Å². The maximum atomic E-state index is 15.2. The Bertz CT molecular complexity index is 910. The fourth-order valence-electron chi connectivity index (χ4n) is 4.38. The SMILES string of the molecule is CC(C)(Oc1ccc([S+](c2ccccc2)c2ccccc2)cc1F)C1CCCCC1. The molecule has 0 heterocycles. The summed E-state index contributed by atoms with van der Waals surface area (Å²) in [4.78, 5) is 3.33. The second-order valence-corrected chi connectivity index (χ2v) is 10.6. The molecule has 1 aliphatic rings. The van der Waals surface area contributed by atoms with E-state index in [1.165, 1.54) is 29.1 Å². The van der Waals surface area contributed by atoms with Gasteiger partial charge < -0.3 is 4.74 Å². The predicted molar refractivity (Wildman–Crippen MR) is 123 cm³/mol. The van der Waals surface area contributed by atoms with Crippen LogP contribution in [0, 0.1) is 11.7 Å². The van der Waals surface area contributed by atoms with E-state index in [2.05, 4.69) is 38.1 Å². The van der Waals surface area contributed by atoms with Crippen molar-refractivity contribution >= 4 is 10.9 Å². The number of rotatable bonds is 6. The minimum atomic E-state index is -0.358. The Balaban J connectivity index is 1.63. The third kappa shape index (κ3) is 4.73. The van der Waals surface area contributed by atoms with Gasteiger partial charge in [-0.25, -0.2) is 4.39 Å². The summed E-state index contributed by atoms with van der Waals surface area (Å²) in [5.41, 5.74) is -0.358. The zero-order valence-electron chi connectivity index (χ0n) is 17.8. The van der Waals surface area contributed by atoms with E-state index in [1.807, 2.05) is 48.5 Å². The molecule has 4 rings (SSSR count). The number of ether oxygens (including phenoxy) is 1. The molecule has 0 bridgehead atoms. The average Bonchev–Trinajstić information content (AvgIpc) is 2.78. The maximum Gasteiger partial charge on any atom is 0.170 e. The van der Waals surface area contributed by atoms with Crippen molar-refractivity contribution in [3.05, 3.63) is 84.7 Å². The van der Waals surface area contributed by atoms with Gasteiger partial charge in [-0.2, -0.15) is 0 Å². The Morgan fingerprint density at radius 2 is 1.33 bits per heavy atom. The van der Waals surface area contributed by atoms with Crippen LogP contribution in [0.4, 0.5) is 4.39 Å². The van der Waals surface area contributed by atoms with Gasteiger partial charge in [0.15, 0.2) is 26.3 Å². The number of hydrogen-bond donors (Lipinski definition) is 0. The van der Waals surface area contributed by atoms with Gasteiger partial charge in [-0.1, -0.05) is 55.7 Å². The molecule has 0 unspecified atom stereocenters. The minimum absolute atomic E-state index is 0.277. The van der Waals surface area contributed by atoms with E-state index in [4.69, 9.17) is 4.74 Å². The van der Waals surface area contributed by atoms with Crippen molar-refractivity contribution in [1.82, 2.24) is 0 Å². The summed E-state index contributed by atoms with van der Waals surface area (Å²) in [6, 6.07) is 26.2. The summed E-state index contributed by atoms with van der Waals surface area (Å²) in [5.74, 6) is 0.563. The largest absolute Gasteiger partial charge is 0.484 e. The Kier molecular flexibility index (Phi) is 6.48. The van der Waals surface area contributed by atoms with E-state index in [0.29, 0.717) is 11.7 Å². The zero-order valence-corrected chi connectivity index (χ0v) is 18.6. The van der Waals surface area contributed by atoms with Crippen LogP contribution in [0.25, 0.3) is 0 Å². The van der Waals surface area contributed by atoms with Crippen molar-refractivity contribution in [2.45, 2.75) is 66.2 Å². The Morgan fingerprint density at radius 1 is 0.767 bits per heavy atom. The van der Waals surface area contributed by atoms with Gasteiger partial charge in [0.2, 0.25) is 0 Å². The molecule has 3 heteroatoms. The molecule has 0 radical (unpaired) electrons. The fraction of sp³-hybridized carbons (Fsp3) is 0.333. The lowest BCUT2D eigenvalue weighted by Crippen LogP contribution is -2.39. The van der Waals surface area contributed by atoms with Crippen LogP contribution in [-0.2, 0) is 10.9 Å². The first-order chi connectivity index (χ1) is 14.5. The topological polar surface area (TPSA) is 9.23 Å². The third-order valence-corrected chi connectivity index (χ3v) is 8.27. The molecule has 156 valence electrons. The van der Waals surface area contributed by atoms with Crippen LogP contribution in [-0.4, -0.2) is 5.60 Å².